The Morgan fingerprint density at radius 2 is 1.53 bits per heavy atom. The van der Waals surface area contributed by atoms with Crippen molar-refractivity contribution in [3.8, 4) is 0 Å². The van der Waals surface area contributed by atoms with Gasteiger partial charge in [-0.05, 0) is 50.3 Å². The van der Waals surface area contributed by atoms with Gasteiger partial charge in [0.1, 0.15) is 0 Å². The Hall–Kier alpha value is -0.820. The molecule has 17 heavy (non-hydrogen) atoms. The van der Waals surface area contributed by atoms with Crippen LogP contribution in [0.2, 0.25) is 0 Å². The maximum atomic E-state index is 3.53. The lowest BCUT2D eigenvalue weighted by atomic mass is 10.0. The van der Waals surface area contributed by atoms with Crippen molar-refractivity contribution >= 4 is 0 Å². The molecule has 0 fully saturated rings. The summed E-state index contributed by atoms with van der Waals surface area (Å²) in [6, 6.07) is 9.77. The van der Waals surface area contributed by atoms with Gasteiger partial charge < -0.3 is 5.32 Å². The zero-order valence-corrected chi connectivity index (χ0v) is 11.6. The third kappa shape index (κ3) is 5.88. The first-order chi connectivity index (χ1) is 8.26. The molecule has 0 radical (unpaired) electrons. The fourth-order valence-electron chi connectivity index (χ4n) is 2.04. The first kappa shape index (κ1) is 14.2. The zero-order chi connectivity index (χ0) is 12.5. The van der Waals surface area contributed by atoms with Gasteiger partial charge in [-0.2, -0.15) is 0 Å². The lowest BCUT2D eigenvalue weighted by Crippen LogP contribution is -2.27. The molecule has 1 nitrogen and oxygen atoms in total. The Labute approximate surface area is 107 Å². The van der Waals surface area contributed by atoms with E-state index in [-0.39, 0.29) is 0 Å². The Balaban J connectivity index is 2.31. The largest absolute Gasteiger partial charge is 0.314 e. The van der Waals surface area contributed by atoms with Crippen LogP contribution in [0.3, 0.4) is 0 Å². The van der Waals surface area contributed by atoms with E-state index < -0.39 is 0 Å². The molecule has 1 N–H and O–H groups in total. The summed E-state index contributed by atoms with van der Waals surface area (Å²) in [4.78, 5) is 0. The number of hydrogen-bond donors (Lipinski definition) is 1. The zero-order valence-electron chi connectivity index (χ0n) is 11.6. The van der Waals surface area contributed by atoms with Gasteiger partial charge in [0.05, 0.1) is 0 Å². The van der Waals surface area contributed by atoms with Crippen LogP contribution in [0, 0.1) is 0 Å². The minimum Gasteiger partial charge on any atom is -0.314 e. The van der Waals surface area contributed by atoms with Crippen LogP contribution in [0.25, 0.3) is 0 Å². The van der Waals surface area contributed by atoms with E-state index >= 15 is 0 Å². The first-order valence-corrected chi connectivity index (χ1v) is 7.07. The number of nitrogens with one attached hydrogen (secondary N) is 1. The van der Waals surface area contributed by atoms with Crippen molar-refractivity contribution in [2.45, 2.75) is 58.9 Å². The van der Waals surface area contributed by atoms with Gasteiger partial charge in [0, 0.05) is 6.04 Å². The Bertz CT molecular complexity index is 289. The molecule has 0 saturated heterocycles. The second-order valence-corrected chi connectivity index (χ2v) is 4.96. The van der Waals surface area contributed by atoms with Crippen LogP contribution in [0.5, 0.6) is 0 Å². The van der Waals surface area contributed by atoms with Gasteiger partial charge in [-0.25, -0.2) is 0 Å². The van der Waals surface area contributed by atoms with Crippen molar-refractivity contribution in [1.82, 2.24) is 5.32 Å². The third-order valence-corrected chi connectivity index (χ3v) is 3.17. The predicted octanol–water partition coefficient (Wildman–Crippen LogP) is 3.96. The van der Waals surface area contributed by atoms with E-state index in [9.17, 15) is 0 Å². The molecule has 0 amide bonds. The van der Waals surface area contributed by atoms with Gasteiger partial charge in [-0.3, -0.25) is 0 Å². The molecule has 0 spiro atoms. The van der Waals surface area contributed by atoms with Crippen molar-refractivity contribution in [3.63, 3.8) is 0 Å². The van der Waals surface area contributed by atoms with E-state index in [1.807, 2.05) is 0 Å². The molecule has 0 aliphatic heterocycles. The van der Waals surface area contributed by atoms with Crippen molar-refractivity contribution in [3.05, 3.63) is 35.4 Å². The highest BCUT2D eigenvalue weighted by molar-refractivity contribution is 5.22. The minimum absolute atomic E-state index is 0.630. The monoisotopic (exact) mass is 233 g/mol. The normalized spacial score (nSPS) is 12.6. The van der Waals surface area contributed by atoms with Gasteiger partial charge in [0.15, 0.2) is 0 Å². The minimum atomic E-state index is 0.630. The van der Waals surface area contributed by atoms with Crippen LogP contribution in [-0.4, -0.2) is 12.6 Å². The Morgan fingerprint density at radius 1 is 0.941 bits per heavy atom. The van der Waals surface area contributed by atoms with Gasteiger partial charge >= 0.3 is 0 Å². The summed E-state index contributed by atoms with van der Waals surface area (Å²) in [5.74, 6) is 0. The molecule has 1 aromatic rings. The Kier molecular flexibility index (Phi) is 6.95. The summed E-state index contributed by atoms with van der Waals surface area (Å²) >= 11 is 0. The third-order valence-electron chi connectivity index (χ3n) is 3.17. The lowest BCUT2D eigenvalue weighted by molar-refractivity contribution is 0.514. The SMILES string of the molecule is CCCNC(C)CCc1ccc(CCC)cc1. The molecule has 0 saturated carbocycles. The fourth-order valence-corrected chi connectivity index (χ4v) is 2.04. The van der Waals surface area contributed by atoms with Crippen molar-refractivity contribution in [2.75, 3.05) is 6.54 Å². The smallest absolute Gasteiger partial charge is 0.00418 e. The molecular formula is C16H27N. The number of rotatable bonds is 8. The summed E-state index contributed by atoms with van der Waals surface area (Å²) in [5.41, 5.74) is 2.93. The van der Waals surface area contributed by atoms with Gasteiger partial charge in [0.25, 0.3) is 0 Å². The standard InChI is InChI=1S/C16H27N/c1-4-6-15-9-11-16(12-10-15)8-7-14(3)17-13-5-2/h9-12,14,17H,4-8,13H2,1-3H3. The highest BCUT2D eigenvalue weighted by Crippen LogP contribution is 2.09. The molecule has 0 aliphatic carbocycles. The van der Waals surface area contributed by atoms with E-state index in [1.54, 1.807) is 0 Å². The van der Waals surface area contributed by atoms with Crippen LogP contribution in [0.1, 0.15) is 51.2 Å². The van der Waals surface area contributed by atoms with E-state index in [1.165, 1.54) is 43.2 Å². The molecule has 1 heteroatoms. The summed E-state index contributed by atoms with van der Waals surface area (Å²) in [7, 11) is 0. The lowest BCUT2D eigenvalue weighted by Gasteiger charge is -2.13. The van der Waals surface area contributed by atoms with Crippen LogP contribution >= 0.6 is 0 Å². The van der Waals surface area contributed by atoms with Crippen molar-refractivity contribution in [1.29, 1.82) is 0 Å². The van der Waals surface area contributed by atoms with E-state index in [4.69, 9.17) is 0 Å². The van der Waals surface area contributed by atoms with E-state index in [0.29, 0.717) is 6.04 Å². The second-order valence-electron chi connectivity index (χ2n) is 4.96. The van der Waals surface area contributed by atoms with Gasteiger partial charge in [0.2, 0.25) is 0 Å². The van der Waals surface area contributed by atoms with Gasteiger partial charge in [-0.1, -0.05) is 44.5 Å². The molecule has 0 bridgehead atoms. The fraction of sp³-hybridized carbons (Fsp3) is 0.625. The van der Waals surface area contributed by atoms with Crippen molar-refractivity contribution in [2.24, 2.45) is 0 Å². The highest BCUT2D eigenvalue weighted by atomic mass is 14.9. The molecule has 1 rings (SSSR count). The Morgan fingerprint density at radius 3 is 2.06 bits per heavy atom. The average molecular weight is 233 g/mol. The average Bonchev–Trinajstić information content (AvgIpc) is 2.36. The van der Waals surface area contributed by atoms with Crippen LogP contribution in [-0.2, 0) is 12.8 Å². The molecule has 96 valence electrons. The summed E-state index contributed by atoms with van der Waals surface area (Å²) < 4.78 is 0. The quantitative estimate of drug-likeness (QED) is 0.716. The molecule has 0 heterocycles. The molecule has 1 unspecified atom stereocenters. The molecule has 1 aromatic carbocycles. The van der Waals surface area contributed by atoms with Crippen molar-refractivity contribution < 1.29 is 0 Å². The molecular weight excluding hydrogens is 206 g/mol. The number of hydrogen-bond acceptors (Lipinski definition) is 1. The predicted molar refractivity (Wildman–Crippen MR) is 76.5 cm³/mol. The van der Waals surface area contributed by atoms with E-state index in [0.717, 1.165) is 6.54 Å². The van der Waals surface area contributed by atoms with Crippen LogP contribution in [0.15, 0.2) is 24.3 Å². The summed E-state index contributed by atoms with van der Waals surface area (Å²) in [5, 5.41) is 3.53. The maximum Gasteiger partial charge on any atom is 0.00418 e. The summed E-state index contributed by atoms with van der Waals surface area (Å²) in [6.07, 6.45) is 6.07. The van der Waals surface area contributed by atoms with Gasteiger partial charge in [-0.15, -0.1) is 0 Å². The topological polar surface area (TPSA) is 12.0 Å². The van der Waals surface area contributed by atoms with Crippen LogP contribution < -0.4 is 5.32 Å². The number of benzene rings is 1. The maximum absolute atomic E-state index is 3.53. The highest BCUT2D eigenvalue weighted by Gasteiger charge is 2.01. The van der Waals surface area contributed by atoms with Crippen LogP contribution in [0.4, 0.5) is 0 Å². The molecule has 1 atom stereocenters. The summed E-state index contributed by atoms with van der Waals surface area (Å²) in [6.45, 7) is 7.86. The van der Waals surface area contributed by atoms with E-state index in [2.05, 4.69) is 50.4 Å². The second kappa shape index (κ2) is 8.30. The molecule has 0 aromatic heterocycles. The molecule has 0 aliphatic rings. The number of aryl methyl sites for hydroxylation is 2. The first-order valence-electron chi connectivity index (χ1n) is 7.07.